The summed E-state index contributed by atoms with van der Waals surface area (Å²) in [7, 11) is 0.913. The van der Waals surface area contributed by atoms with Crippen molar-refractivity contribution in [3.8, 4) is 0 Å². The Kier molecular flexibility index (Phi) is 7.66. The monoisotopic (exact) mass is 397 g/mol. The molecule has 0 saturated heterocycles. The molecule has 0 aromatic heterocycles. The summed E-state index contributed by atoms with van der Waals surface area (Å²) in [5.41, 5.74) is 2.73. The minimum absolute atomic E-state index is 0.189. The fraction of sp³-hybridized carbons (Fsp3) is 0.435. The zero-order valence-corrected chi connectivity index (χ0v) is 17.5. The minimum Gasteiger partial charge on any atom is -0.356 e. The maximum absolute atomic E-state index is 12.3. The van der Waals surface area contributed by atoms with Crippen LogP contribution in [-0.4, -0.2) is 36.1 Å². The summed E-state index contributed by atoms with van der Waals surface area (Å²) in [6, 6.07) is 20.8. The number of hydrogen-bond donors (Lipinski definition) is 2. The van der Waals surface area contributed by atoms with Gasteiger partial charge in [-0.2, -0.15) is 0 Å². The second-order valence-corrected chi connectivity index (χ2v) is 9.06. The van der Waals surface area contributed by atoms with Crippen molar-refractivity contribution in [1.82, 2.24) is 10.6 Å². The van der Waals surface area contributed by atoms with Gasteiger partial charge in [0.2, 0.25) is 0 Å². The van der Waals surface area contributed by atoms with Gasteiger partial charge in [-0.1, -0.05) is 73.5 Å². The van der Waals surface area contributed by atoms with Crippen molar-refractivity contribution in [1.29, 1.82) is 0 Å². The molecule has 4 nitrogen and oxygen atoms in total. The first-order chi connectivity index (χ1) is 13.7. The smallest absolute Gasteiger partial charge is 0.191 e. The predicted octanol–water partition coefficient (Wildman–Crippen LogP) is 3.61. The first kappa shape index (κ1) is 20.6. The molecule has 28 heavy (non-hydrogen) atoms. The van der Waals surface area contributed by atoms with Crippen LogP contribution in [0, 0.1) is 0 Å². The molecule has 0 bridgehead atoms. The zero-order valence-electron chi connectivity index (χ0n) is 16.7. The molecular formula is C23H31N3OS. The summed E-state index contributed by atoms with van der Waals surface area (Å²) in [5, 5.41) is 6.84. The molecule has 0 heterocycles. The van der Waals surface area contributed by atoms with E-state index in [1.165, 1.54) is 31.2 Å². The molecule has 2 N–H and O–H groups in total. The average Bonchev–Trinajstić information content (AvgIpc) is 3.22. The summed E-state index contributed by atoms with van der Waals surface area (Å²) in [5.74, 6) is 2.00. The van der Waals surface area contributed by atoms with Gasteiger partial charge in [-0.05, 0) is 24.0 Å². The highest BCUT2D eigenvalue weighted by Gasteiger charge is 2.35. The quantitative estimate of drug-likeness (QED) is 0.528. The Morgan fingerprint density at radius 1 is 1.00 bits per heavy atom. The third kappa shape index (κ3) is 5.68. The summed E-state index contributed by atoms with van der Waals surface area (Å²) in [6.07, 6.45) is 4.98. The van der Waals surface area contributed by atoms with Crippen molar-refractivity contribution in [3.63, 3.8) is 0 Å². The van der Waals surface area contributed by atoms with Crippen LogP contribution in [0.1, 0.15) is 36.8 Å². The van der Waals surface area contributed by atoms with E-state index in [4.69, 9.17) is 0 Å². The van der Waals surface area contributed by atoms with Crippen LogP contribution in [0.3, 0.4) is 0 Å². The van der Waals surface area contributed by atoms with E-state index in [9.17, 15) is 4.21 Å². The largest absolute Gasteiger partial charge is 0.356 e. The fourth-order valence-electron chi connectivity index (χ4n) is 4.00. The second kappa shape index (κ2) is 10.4. The number of benzene rings is 2. The van der Waals surface area contributed by atoms with Crippen LogP contribution in [0.15, 0.2) is 65.7 Å². The van der Waals surface area contributed by atoms with Crippen LogP contribution in [0.25, 0.3) is 0 Å². The van der Waals surface area contributed by atoms with E-state index in [0.29, 0.717) is 18.1 Å². The standard InChI is InChI=1S/C23H31N3OS/c1-24-22(25-16-17-28(27)18-20-10-4-2-5-11-20)26-19-23(14-8-9-15-23)21-12-6-3-7-13-21/h2-7,10-13H,8-9,14-19H2,1H3,(H2,24,25,26). The molecule has 150 valence electrons. The number of nitrogens with zero attached hydrogens (tertiary/aromatic N) is 1. The SMILES string of the molecule is CN=C(NCCS(=O)Cc1ccccc1)NCC1(c2ccccc2)CCCC1. The Labute approximate surface area is 171 Å². The lowest BCUT2D eigenvalue weighted by atomic mass is 9.79. The fourth-order valence-corrected chi connectivity index (χ4v) is 5.04. The van der Waals surface area contributed by atoms with Crippen LogP contribution >= 0.6 is 0 Å². The summed E-state index contributed by atoms with van der Waals surface area (Å²) >= 11 is 0. The van der Waals surface area contributed by atoms with E-state index in [0.717, 1.165) is 18.1 Å². The van der Waals surface area contributed by atoms with Gasteiger partial charge in [0.1, 0.15) is 0 Å². The lowest BCUT2D eigenvalue weighted by Gasteiger charge is -2.30. The van der Waals surface area contributed by atoms with Crippen molar-refractivity contribution in [3.05, 3.63) is 71.8 Å². The summed E-state index contributed by atoms with van der Waals surface area (Å²) < 4.78 is 12.3. The van der Waals surface area contributed by atoms with Crippen LogP contribution in [-0.2, 0) is 22.0 Å². The lowest BCUT2D eigenvalue weighted by Crippen LogP contribution is -2.45. The van der Waals surface area contributed by atoms with Gasteiger partial charge in [-0.15, -0.1) is 0 Å². The Balaban J connectivity index is 1.47. The maximum atomic E-state index is 12.3. The molecule has 2 aromatic rings. The molecule has 2 aromatic carbocycles. The number of nitrogens with one attached hydrogen (secondary N) is 2. The Hall–Kier alpha value is -2.14. The van der Waals surface area contributed by atoms with Gasteiger partial charge >= 0.3 is 0 Å². The highest BCUT2D eigenvalue weighted by Crippen LogP contribution is 2.40. The molecule has 0 aliphatic heterocycles. The van der Waals surface area contributed by atoms with Gasteiger partial charge in [0, 0.05) is 47.9 Å². The van der Waals surface area contributed by atoms with Crippen LogP contribution in [0.5, 0.6) is 0 Å². The average molecular weight is 398 g/mol. The molecule has 0 radical (unpaired) electrons. The van der Waals surface area contributed by atoms with Gasteiger partial charge in [0.25, 0.3) is 0 Å². The molecule has 1 atom stereocenters. The molecular weight excluding hydrogens is 366 g/mol. The number of rotatable bonds is 8. The topological polar surface area (TPSA) is 53.5 Å². The van der Waals surface area contributed by atoms with Crippen molar-refractivity contribution < 1.29 is 4.21 Å². The normalized spacial score (nSPS) is 17.2. The molecule has 1 aliphatic rings. The van der Waals surface area contributed by atoms with Gasteiger partial charge in [-0.25, -0.2) is 0 Å². The molecule has 5 heteroatoms. The highest BCUT2D eigenvalue weighted by atomic mass is 32.2. The van der Waals surface area contributed by atoms with Crippen molar-refractivity contribution >= 4 is 16.8 Å². The maximum Gasteiger partial charge on any atom is 0.191 e. The Morgan fingerprint density at radius 3 is 2.29 bits per heavy atom. The van der Waals surface area contributed by atoms with E-state index in [1.54, 1.807) is 7.05 Å². The molecule has 1 aliphatic carbocycles. The lowest BCUT2D eigenvalue weighted by molar-refractivity contribution is 0.432. The third-order valence-electron chi connectivity index (χ3n) is 5.56. The third-order valence-corrected chi connectivity index (χ3v) is 6.87. The van der Waals surface area contributed by atoms with Crippen LogP contribution in [0.4, 0.5) is 0 Å². The zero-order chi connectivity index (χ0) is 19.7. The van der Waals surface area contributed by atoms with Gasteiger partial charge in [-0.3, -0.25) is 9.20 Å². The minimum atomic E-state index is -0.879. The van der Waals surface area contributed by atoms with Gasteiger partial charge < -0.3 is 10.6 Å². The molecule has 1 saturated carbocycles. The van der Waals surface area contributed by atoms with E-state index >= 15 is 0 Å². The van der Waals surface area contributed by atoms with E-state index in [1.807, 2.05) is 30.3 Å². The van der Waals surface area contributed by atoms with E-state index < -0.39 is 10.8 Å². The van der Waals surface area contributed by atoms with Gasteiger partial charge in [0.15, 0.2) is 5.96 Å². The predicted molar refractivity (Wildman–Crippen MR) is 119 cm³/mol. The number of aliphatic imine (C=N–C) groups is 1. The first-order valence-corrected chi connectivity index (χ1v) is 11.6. The molecule has 1 fully saturated rings. The number of hydrogen-bond acceptors (Lipinski definition) is 2. The molecule has 1 unspecified atom stereocenters. The van der Waals surface area contributed by atoms with Crippen molar-refractivity contribution in [2.75, 3.05) is 25.9 Å². The van der Waals surface area contributed by atoms with Crippen LogP contribution < -0.4 is 10.6 Å². The van der Waals surface area contributed by atoms with Crippen molar-refractivity contribution in [2.24, 2.45) is 4.99 Å². The Bertz CT molecular complexity index is 771. The summed E-state index contributed by atoms with van der Waals surface area (Å²) in [4.78, 5) is 4.35. The van der Waals surface area contributed by atoms with Crippen molar-refractivity contribution in [2.45, 2.75) is 36.9 Å². The Morgan fingerprint density at radius 2 is 1.64 bits per heavy atom. The first-order valence-electron chi connectivity index (χ1n) is 10.1. The highest BCUT2D eigenvalue weighted by molar-refractivity contribution is 7.84. The molecule has 0 spiro atoms. The summed E-state index contributed by atoms with van der Waals surface area (Å²) in [6.45, 7) is 1.53. The van der Waals surface area contributed by atoms with Crippen LogP contribution in [0.2, 0.25) is 0 Å². The van der Waals surface area contributed by atoms with E-state index in [2.05, 4.69) is 46.0 Å². The van der Waals surface area contributed by atoms with E-state index in [-0.39, 0.29) is 5.41 Å². The van der Waals surface area contributed by atoms with Gasteiger partial charge in [0.05, 0.1) is 0 Å². The second-order valence-electron chi connectivity index (χ2n) is 7.48. The number of guanidine groups is 1. The molecule has 0 amide bonds. The molecule has 3 rings (SSSR count).